The summed E-state index contributed by atoms with van der Waals surface area (Å²) >= 11 is 6.47. The third-order valence-electron chi connectivity index (χ3n) is 4.55. The number of amides is 2. The molecular weight excluding hydrogens is 452 g/mol. The van der Waals surface area contributed by atoms with Crippen molar-refractivity contribution in [1.82, 2.24) is 4.90 Å². The fourth-order valence-corrected chi connectivity index (χ4v) is 4.22. The second-order valence-electron chi connectivity index (χ2n) is 6.61. The first-order valence-electron chi connectivity index (χ1n) is 9.41. The van der Waals surface area contributed by atoms with Gasteiger partial charge in [0, 0.05) is 18.7 Å². The molecule has 1 saturated heterocycles. The van der Waals surface area contributed by atoms with Crippen molar-refractivity contribution in [2.45, 2.75) is 6.42 Å². The van der Waals surface area contributed by atoms with Crippen molar-refractivity contribution in [3.8, 4) is 11.5 Å². The normalized spacial score (nSPS) is 14.6. The molecule has 1 N–H and O–H groups in total. The monoisotopic (exact) mass is 471 g/mol. The van der Waals surface area contributed by atoms with Crippen LogP contribution in [-0.4, -0.2) is 47.8 Å². The van der Waals surface area contributed by atoms with Gasteiger partial charge in [-0.25, -0.2) is 0 Å². The quantitative estimate of drug-likeness (QED) is 0.462. The first kappa shape index (κ1) is 23.3. The molecule has 0 aromatic heterocycles. The molecule has 10 heteroatoms. The van der Waals surface area contributed by atoms with Gasteiger partial charge in [-0.05, 0) is 41.5 Å². The number of thioether (sulfide) groups is 1. The number of aromatic carboxylic acids is 1. The number of carboxylic acids is 1. The minimum Gasteiger partial charge on any atom is -0.545 e. The first-order chi connectivity index (χ1) is 15.3. The van der Waals surface area contributed by atoms with Crippen LogP contribution in [0.3, 0.4) is 0 Å². The number of carbonyl (C=O) groups is 3. The molecule has 0 saturated carbocycles. The van der Waals surface area contributed by atoms with E-state index in [9.17, 15) is 19.5 Å². The van der Waals surface area contributed by atoms with Crippen LogP contribution in [0.25, 0.3) is 6.08 Å². The number of methoxy groups -OCH3 is 2. The van der Waals surface area contributed by atoms with Gasteiger partial charge >= 0.3 is 0 Å². The summed E-state index contributed by atoms with van der Waals surface area (Å²) in [6.07, 6.45) is 1.73. The molecule has 166 valence electrons. The number of thiocarbonyl (C=S) groups is 1. The molecule has 2 aromatic rings. The number of carbonyl (C=O) groups excluding carboxylic acids is 3. The van der Waals surface area contributed by atoms with Crippen molar-refractivity contribution >= 4 is 57.8 Å². The molecule has 2 aromatic carbocycles. The summed E-state index contributed by atoms with van der Waals surface area (Å²) < 4.78 is 10.9. The van der Waals surface area contributed by atoms with Crippen molar-refractivity contribution in [1.29, 1.82) is 0 Å². The number of ether oxygens (including phenoxy) is 2. The highest BCUT2D eigenvalue weighted by atomic mass is 32.2. The Hall–Kier alpha value is -3.37. The van der Waals surface area contributed by atoms with Gasteiger partial charge in [0.1, 0.15) is 4.32 Å². The zero-order chi connectivity index (χ0) is 23.3. The highest BCUT2D eigenvalue weighted by Gasteiger charge is 2.32. The topological polar surface area (TPSA) is 108 Å². The number of nitrogens with zero attached hydrogens (tertiary/aromatic N) is 1. The van der Waals surface area contributed by atoms with Gasteiger partial charge in [-0.2, -0.15) is 0 Å². The average Bonchev–Trinajstić information content (AvgIpc) is 3.04. The molecule has 8 nitrogen and oxygen atoms in total. The number of nitrogens with one attached hydrogen (secondary N) is 1. The van der Waals surface area contributed by atoms with Crippen LogP contribution < -0.4 is 19.9 Å². The fraction of sp³-hybridized carbons (Fsp3) is 0.182. The number of hydrogen-bond acceptors (Lipinski definition) is 8. The van der Waals surface area contributed by atoms with Crippen LogP contribution in [0.2, 0.25) is 0 Å². The van der Waals surface area contributed by atoms with E-state index < -0.39 is 5.97 Å². The number of hydrogen-bond donors (Lipinski definition) is 1. The zero-order valence-electron chi connectivity index (χ0n) is 17.2. The molecule has 32 heavy (non-hydrogen) atoms. The largest absolute Gasteiger partial charge is 0.545 e. The van der Waals surface area contributed by atoms with Gasteiger partial charge in [-0.15, -0.1) is 0 Å². The molecule has 1 heterocycles. The van der Waals surface area contributed by atoms with Gasteiger partial charge in [0.25, 0.3) is 5.91 Å². The Morgan fingerprint density at radius 3 is 2.44 bits per heavy atom. The molecule has 0 radical (unpaired) electrons. The zero-order valence-corrected chi connectivity index (χ0v) is 18.9. The smallest absolute Gasteiger partial charge is 0.266 e. The Kier molecular flexibility index (Phi) is 7.49. The number of carboxylic acid groups (broad SMARTS) is 1. The lowest BCUT2D eigenvalue weighted by Gasteiger charge is -2.14. The fourth-order valence-electron chi connectivity index (χ4n) is 2.91. The summed E-state index contributed by atoms with van der Waals surface area (Å²) in [7, 11) is 3.07. The van der Waals surface area contributed by atoms with E-state index in [-0.39, 0.29) is 30.3 Å². The van der Waals surface area contributed by atoms with E-state index in [1.54, 1.807) is 31.4 Å². The summed E-state index contributed by atoms with van der Waals surface area (Å²) in [5, 5.41) is 13.4. The second kappa shape index (κ2) is 10.3. The molecule has 0 bridgehead atoms. The predicted molar refractivity (Wildman–Crippen MR) is 123 cm³/mol. The van der Waals surface area contributed by atoms with Gasteiger partial charge < -0.3 is 24.7 Å². The second-order valence-corrected chi connectivity index (χ2v) is 8.29. The minimum absolute atomic E-state index is 0.0156. The van der Waals surface area contributed by atoms with Crippen LogP contribution in [0.4, 0.5) is 5.69 Å². The van der Waals surface area contributed by atoms with E-state index >= 15 is 0 Å². The molecule has 1 fully saturated rings. The van der Waals surface area contributed by atoms with E-state index in [4.69, 9.17) is 21.7 Å². The maximum atomic E-state index is 12.8. The summed E-state index contributed by atoms with van der Waals surface area (Å²) in [5.41, 5.74) is 1.21. The minimum atomic E-state index is -1.29. The number of benzene rings is 2. The van der Waals surface area contributed by atoms with Crippen molar-refractivity contribution in [2.24, 2.45) is 0 Å². The maximum absolute atomic E-state index is 12.8. The van der Waals surface area contributed by atoms with E-state index in [1.165, 1.54) is 36.3 Å². The van der Waals surface area contributed by atoms with E-state index in [0.29, 0.717) is 26.4 Å². The van der Waals surface area contributed by atoms with Gasteiger partial charge in [0.15, 0.2) is 11.5 Å². The molecule has 1 aliphatic heterocycles. The van der Waals surface area contributed by atoms with Crippen LogP contribution in [-0.2, 0) is 9.59 Å². The summed E-state index contributed by atoms with van der Waals surface area (Å²) in [5.74, 6) is -0.776. The van der Waals surface area contributed by atoms with Crippen LogP contribution in [0.15, 0.2) is 47.4 Å². The first-order valence-corrected chi connectivity index (χ1v) is 10.6. The van der Waals surface area contributed by atoms with Gasteiger partial charge in [-0.1, -0.05) is 42.2 Å². The lowest BCUT2D eigenvalue weighted by Crippen LogP contribution is -2.31. The van der Waals surface area contributed by atoms with Crippen LogP contribution in [0.1, 0.15) is 22.3 Å². The molecule has 2 amide bonds. The van der Waals surface area contributed by atoms with Crippen LogP contribution in [0, 0.1) is 0 Å². The van der Waals surface area contributed by atoms with Crippen molar-refractivity contribution in [3.63, 3.8) is 0 Å². The molecule has 3 rings (SSSR count). The molecular formula is C22H19N2O6S2-. The highest BCUT2D eigenvalue weighted by Crippen LogP contribution is 2.34. The van der Waals surface area contributed by atoms with Crippen LogP contribution >= 0.6 is 24.0 Å². The van der Waals surface area contributed by atoms with Crippen molar-refractivity contribution in [2.75, 3.05) is 26.1 Å². The SMILES string of the molecule is COc1ccc(/C=C2/SC(=S)N(CCC(=O)Nc3ccc(C(=O)[O-])cc3)C2=O)cc1OC. The van der Waals surface area contributed by atoms with E-state index in [0.717, 1.165) is 17.3 Å². The summed E-state index contributed by atoms with van der Waals surface area (Å²) in [6.45, 7) is 0.122. The number of rotatable bonds is 8. The maximum Gasteiger partial charge on any atom is 0.266 e. The lowest BCUT2D eigenvalue weighted by molar-refractivity contribution is -0.255. The Morgan fingerprint density at radius 1 is 1.12 bits per heavy atom. The standard InChI is InChI=1S/C22H20N2O6S2/c1-29-16-8-3-13(11-17(16)30-2)12-18-20(26)24(22(31)32-18)10-9-19(25)23-15-6-4-14(5-7-15)21(27)28/h3-8,11-12H,9-10H2,1-2H3,(H,23,25)(H,27,28)/p-1/b18-12+. The Bertz CT molecular complexity index is 1100. The van der Waals surface area contributed by atoms with Crippen molar-refractivity contribution in [3.05, 3.63) is 58.5 Å². The summed E-state index contributed by atoms with van der Waals surface area (Å²) in [4.78, 5) is 37.6. The Labute approximate surface area is 194 Å². The van der Waals surface area contributed by atoms with Crippen molar-refractivity contribution < 1.29 is 29.0 Å². The van der Waals surface area contributed by atoms with Gasteiger partial charge in [0.2, 0.25) is 5.91 Å². The van der Waals surface area contributed by atoms with Crippen LogP contribution in [0.5, 0.6) is 11.5 Å². The summed E-state index contributed by atoms with van der Waals surface area (Å²) in [6, 6.07) is 10.9. The van der Waals surface area contributed by atoms with Gasteiger partial charge in [0.05, 0.1) is 25.1 Å². The third-order valence-corrected chi connectivity index (χ3v) is 5.92. The predicted octanol–water partition coefficient (Wildman–Crippen LogP) is 2.30. The van der Waals surface area contributed by atoms with Gasteiger partial charge in [-0.3, -0.25) is 14.5 Å². The molecule has 0 aliphatic carbocycles. The lowest BCUT2D eigenvalue weighted by atomic mass is 10.2. The number of anilines is 1. The molecule has 0 unspecified atom stereocenters. The van der Waals surface area contributed by atoms with E-state index in [2.05, 4.69) is 5.32 Å². The molecule has 0 atom stereocenters. The third kappa shape index (κ3) is 5.45. The Morgan fingerprint density at radius 2 is 1.81 bits per heavy atom. The Balaban J connectivity index is 1.61. The molecule has 0 spiro atoms. The average molecular weight is 472 g/mol. The van der Waals surface area contributed by atoms with E-state index in [1.807, 2.05) is 0 Å². The molecule has 1 aliphatic rings. The highest BCUT2D eigenvalue weighted by molar-refractivity contribution is 8.26.